The number of carboxylic acid groups (broad SMARTS) is 1. The maximum atomic E-state index is 12.5. The topological polar surface area (TPSA) is 67.2 Å². The maximum absolute atomic E-state index is 12.5. The Kier molecular flexibility index (Phi) is 5.38. The zero-order chi connectivity index (χ0) is 16.3. The third kappa shape index (κ3) is 4.45. The molecule has 0 bridgehead atoms. The van der Waals surface area contributed by atoms with Crippen molar-refractivity contribution in [3.63, 3.8) is 0 Å². The molecule has 120 valence electrons. The van der Waals surface area contributed by atoms with Crippen molar-refractivity contribution in [3.05, 3.63) is 18.0 Å². The van der Waals surface area contributed by atoms with Crippen molar-refractivity contribution >= 4 is 5.97 Å². The van der Waals surface area contributed by atoms with Gasteiger partial charge in [-0.05, 0) is 33.2 Å². The van der Waals surface area contributed by atoms with Crippen LogP contribution in [-0.4, -0.2) is 32.9 Å². The summed E-state index contributed by atoms with van der Waals surface area (Å²) in [5.41, 5.74) is -2.05. The van der Waals surface area contributed by atoms with Crippen molar-refractivity contribution in [2.75, 3.05) is 6.54 Å². The van der Waals surface area contributed by atoms with Gasteiger partial charge in [0.15, 0.2) is 0 Å². The van der Waals surface area contributed by atoms with Crippen LogP contribution >= 0.6 is 0 Å². The molecule has 1 rings (SSSR count). The Morgan fingerprint density at radius 1 is 1.52 bits per heavy atom. The summed E-state index contributed by atoms with van der Waals surface area (Å²) in [5, 5.41) is 15.9. The van der Waals surface area contributed by atoms with Crippen molar-refractivity contribution < 1.29 is 23.1 Å². The summed E-state index contributed by atoms with van der Waals surface area (Å²) in [6.07, 6.45) is -1.92. The molecule has 0 aliphatic heterocycles. The van der Waals surface area contributed by atoms with E-state index in [4.69, 9.17) is 0 Å². The first-order valence-corrected chi connectivity index (χ1v) is 6.70. The number of nitrogens with one attached hydrogen (secondary N) is 1. The highest BCUT2D eigenvalue weighted by Gasteiger charge is 2.36. The number of alkyl halides is 3. The molecule has 5 nitrogen and oxygen atoms in total. The number of hydrogen-bond acceptors (Lipinski definition) is 3. The van der Waals surface area contributed by atoms with Crippen molar-refractivity contribution in [2.24, 2.45) is 0 Å². The van der Waals surface area contributed by atoms with E-state index in [1.807, 2.05) is 6.92 Å². The summed E-state index contributed by atoms with van der Waals surface area (Å²) < 4.78 is 38.8. The lowest BCUT2D eigenvalue weighted by Crippen LogP contribution is -2.51. The summed E-state index contributed by atoms with van der Waals surface area (Å²) in [4.78, 5) is 11.4. The van der Waals surface area contributed by atoms with Crippen LogP contribution < -0.4 is 5.32 Å². The molecule has 2 atom stereocenters. The second-order valence-corrected chi connectivity index (χ2v) is 5.32. The lowest BCUT2D eigenvalue weighted by Gasteiger charge is -2.29. The molecule has 0 saturated carbocycles. The predicted octanol–water partition coefficient (Wildman–Crippen LogP) is 2.70. The first-order chi connectivity index (χ1) is 9.60. The third-order valence-electron chi connectivity index (χ3n) is 3.32. The van der Waals surface area contributed by atoms with Gasteiger partial charge in [0, 0.05) is 6.20 Å². The summed E-state index contributed by atoms with van der Waals surface area (Å²) >= 11 is 0. The number of carboxylic acids is 1. The molecule has 1 aromatic heterocycles. The van der Waals surface area contributed by atoms with Crippen molar-refractivity contribution in [3.8, 4) is 0 Å². The van der Waals surface area contributed by atoms with Crippen LogP contribution in [0.3, 0.4) is 0 Å². The molecule has 0 aliphatic carbocycles. The summed E-state index contributed by atoms with van der Waals surface area (Å²) in [7, 11) is 0. The normalized spacial score (nSPS) is 16.5. The SMILES string of the molecule is CCCNC(C)(CC(C)n1cc(C(F)(F)F)cn1)C(=O)O. The van der Waals surface area contributed by atoms with Crippen LogP contribution in [0.1, 0.15) is 45.2 Å². The summed E-state index contributed by atoms with van der Waals surface area (Å²) in [5.74, 6) is -1.04. The molecule has 0 aromatic carbocycles. The van der Waals surface area contributed by atoms with Crippen LogP contribution in [0.4, 0.5) is 13.2 Å². The molecule has 8 heteroatoms. The van der Waals surface area contributed by atoms with Gasteiger partial charge in [-0.2, -0.15) is 18.3 Å². The van der Waals surface area contributed by atoms with Gasteiger partial charge in [-0.1, -0.05) is 6.92 Å². The maximum Gasteiger partial charge on any atom is 0.419 e. The fourth-order valence-corrected chi connectivity index (χ4v) is 2.05. The number of hydrogen-bond donors (Lipinski definition) is 2. The average Bonchev–Trinajstić information content (AvgIpc) is 2.85. The molecule has 0 saturated heterocycles. The molecule has 2 unspecified atom stereocenters. The van der Waals surface area contributed by atoms with Crippen LogP contribution in [0.25, 0.3) is 0 Å². The van der Waals surface area contributed by atoms with Gasteiger partial charge in [-0.3, -0.25) is 9.48 Å². The molecular weight excluding hydrogens is 287 g/mol. The fraction of sp³-hybridized carbons (Fsp3) is 0.692. The van der Waals surface area contributed by atoms with Crippen LogP contribution in [0.5, 0.6) is 0 Å². The minimum atomic E-state index is -4.45. The van der Waals surface area contributed by atoms with Gasteiger partial charge in [-0.15, -0.1) is 0 Å². The monoisotopic (exact) mass is 307 g/mol. The highest BCUT2D eigenvalue weighted by molar-refractivity contribution is 5.78. The van der Waals surface area contributed by atoms with E-state index in [1.54, 1.807) is 6.92 Å². The molecule has 0 fully saturated rings. The van der Waals surface area contributed by atoms with Gasteiger partial charge < -0.3 is 10.4 Å². The largest absolute Gasteiger partial charge is 0.480 e. The molecule has 0 spiro atoms. The Balaban J connectivity index is 2.85. The molecule has 0 radical (unpaired) electrons. The van der Waals surface area contributed by atoms with Crippen molar-refractivity contribution in [2.45, 2.75) is 51.4 Å². The van der Waals surface area contributed by atoms with E-state index in [2.05, 4.69) is 10.4 Å². The summed E-state index contributed by atoms with van der Waals surface area (Å²) in [6, 6.07) is -0.480. The minimum absolute atomic E-state index is 0.126. The number of halogens is 3. The van der Waals surface area contributed by atoms with Gasteiger partial charge in [0.05, 0.1) is 17.8 Å². The Bertz CT molecular complexity index is 487. The predicted molar refractivity (Wildman–Crippen MR) is 70.9 cm³/mol. The molecule has 21 heavy (non-hydrogen) atoms. The van der Waals surface area contributed by atoms with Gasteiger partial charge >= 0.3 is 12.1 Å². The van der Waals surface area contributed by atoms with Gasteiger partial charge in [-0.25, -0.2) is 0 Å². The fourth-order valence-electron chi connectivity index (χ4n) is 2.05. The average molecular weight is 307 g/mol. The smallest absolute Gasteiger partial charge is 0.419 e. The van der Waals surface area contributed by atoms with E-state index >= 15 is 0 Å². The second-order valence-electron chi connectivity index (χ2n) is 5.32. The van der Waals surface area contributed by atoms with E-state index < -0.39 is 29.3 Å². The highest BCUT2D eigenvalue weighted by Crippen LogP contribution is 2.30. The van der Waals surface area contributed by atoms with E-state index in [1.165, 1.54) is 6.92 Å². The quantitative estimate of drug-likeness (QED) is 0.813. The van der Waals surface area contributed by atoms with Crippen LogP contribution in [0.2, 0.25) is 0 Å². The van der Waals surface area contributed by atoms with E-state index in [9.17, 15) is 23.1 Å². The van der Waals surface area contributed by atoms with Crippen molar-refractivity contribution in [1.82, 2.24) is 15.1 Å². The zero-order valence-corrected chi connectivity index (χ0v) is 12.2. The van der Waals surface area contributed by atoms with Gasteiger partial charge in [0.25, 0.3) is 0 Å². The molecular formula is C13H20F3N3O2. The Morgan fingerprint density at radius 2 is 2.14 bits per heavy atom. The lowest BCUT2D eigenvalue weighted by atomic mass is 9.93. The van der Waals surface area contributed by atoms with E-state index in [-0.39, 0.29) is 6.42 Å². The third-order valence-corrected chi connectivity index (χ3v) is 3.32. The lowest BCUT2D eigenvalue weighted by molar-refractivity contribution is -0.145. The first kappa shape index (κ1) is 17.5. The first-order valence-electron chi connectivity index (χ1n) is 6.70. The second kappa shape index (κ2) is 6.46. The molecule has 1 heterocycles. The zero-order valence-electron chi connectivity index (χ0n) is 12.2. The Labute approximate surface area is 121 Å². The number of aliphatic carboxylic acids is 1. The number of rotatable bonds is 7. The van der Waals surface area contributed by atoms with Gasteiger partial charge in [0.1, 0.15) is 5.54 Å². The molecule has 1 aromatic rings. The van der Waals surface area contributed by atoms with Crippen LogP contribution in [-0.2, 0) is 11.0 Å². The number of aromatic nitrogens is 2. The summed E-state index contributed by atoms with van der Waals surface area (Å²) in [6.45, 7) is 5.59. The number of carbonyl (C=O) groups is 1. The Hall–Kier alpha value is -1.57. The van der Waals surface area contributed by atoms with Crippen LogP contribution in [0, 0.1) is 0 Å². The van der Waals surface area contributed by atoms with Gasteiger partial charge in [0.2, 0.25) is 0 Å². The highest BCUT2D eigenvalue weighted by atomic mass is 19.4. The van der Waals surface area contributed by atoms with Crippen molar-refractivity contribution in [1.29, 1.82) is 0 Å². The van der Waals surface area contributed by atoms with E-state index in [0.29, 0.717) is 6.54 Å². The molecule has 0 aliphatic rings. The standard InChI is InChI=1S/C13H20F3N3O2/c1-4-5-17-12(3,11(20)21)6-9(2)19-8-10(7-18-19)13(14,15)16/h7-9,17H,4-6H2,1-3H3,(H,20,21). The molecule has 2 N–H and O–H groups in total. The Morgan fingerprint density at radius 3 is 2.57 bits per heavy atom. The van der Waals surface area contributed by atoms with E-state index in [0.717, 1.165) is 23.5 Å². The number of nitrogens with zero attached hydrogens (tertiary/aromatic N) is 2. The minimum Gasteiger partial charge on any atom is -0.480 e. The van der Waals surface area contributed by atoms with Crippen LogP contribution in [0.15, 0.2) is 12.4 Å². The molecule has 0 amide bonds.